The van der Waals surface area contributed by atoms with E-state index in [1.165, 1.54) is 12.1 Å². The molecular weight excluding hydrogens is 507 g/mol. The summed E-state index contributed by atoms with van der Waals surface area (Å²) in [5.74, 6) is -1.40. The Balaban J connectivity index is 1.84. The van der Waals surface area contributed by atoms with E-state index in [0.29, 0.717) is 56.1 Å². The summed E-state index contributed by atoms with van der Waals surface area (Å²) >= 11 is 0. The maximum Gasteiger partial charge on any atom is 0.333 e. The van der Waals surface area contributed by atoms with Crippen LogP contribution in [-0.4, -0.2) is 68.2 Å². The zero-order valence-corrected chi connectivity index (χ0v) is 22.6. The van der Waals surface area contributed by atoms with Crippen LogP contribution in [0.4, 0.5) is 10.1 Å². The molecule has 1 heterocycles. The van der Waals surface area contributed by atoms with Crippen LogP contribution in [0.1, 0.15) is 50.8 Å². The average molecular weight is 545 g/mol. The number of esters is 2. The van der Waals surface area contributed by atoms with Crippen molar-refractivity contribution in [1.82, 2.24) is 4.90 Å². The van der Waals surface area contributed by atoms with Crippen LogP contribution in [0.15, 0.2) is 36.4 Å². The van der Waals surface area contributed by atoms with Crippen LogP contribution in [-0.2, 0) is 19.1 Å². The fraction of sp³-hybridized carbons (Fsp3) is 0.464. The topological polar surface area (TPSA) is 136 Å². The zero-order chi connectivity index (χ0) is 28.4. The standard InChI is InChI=1S/C28H37FN4O6/c1-4-36-21-15-22(26(28(35)38-6-3)32-19-9-7-18(8-10-19)27(30)31)25(29)23(16-21)39-20-11-13-33(14-12-20)17-24(34)37-5-2/h7-10,15-16,20,26,32H,4-6,11-14,17H2,1-3H3,(H3,30,31). The van der Waals surface area contributed by atoms with Gasteiger partial charge >= 0.3 is 11.9 Å². The summed E-state index contributed by atoms with van der Waals surface area (Å²) in [6, 6.07) is 8.31. The van der Waals surface area contributed by atoms with E-state index < -0.39 is 17.8 Å². The summed E-state index contributed by atoms with van der Waals surface area (Å²) in [5.41, 5.74) is 6.58. The van der Waals surface area contributed by atoms with Crippen molar-refractivity contribution in [3.63, 3.8) is 0 Å². The number of amidine groups is 1. The van der Waals surface area contributed by atoms with E-state index in [9.17, 15) is 9.59 Å². The number of hydrogen-bond donors (Lipinski definition) is 3. The number of nitrogen functional groups attached to an aromatic ring is 1. The van der Waals surface area contributed by atoms with E-state index in [0.717, 1.165) is 0 Å². The van der Waals surface area contributed by atoms with Gasteiger partial charge in [0.15, 0.2) is 17.6 Å². The molecule has 0 spiro atoms. The summed E-state index contributed by atoms with van der Waals surface area (Å²) in [5, 5.41) is 10.6. The molecule has 2 aromatic carbocycles. The first-order valence-corrected chi connectivity index (χ1v) is 13.1. The number of likely N-dealkylation sites (tertiary alicyclic amines) is 1. The van der Waals surface area contributed by atoms with Crippen molar-refractivity contribution in [2.75, 3.05) is 44.8 Å². The Morgan fingerprint density at radius 1 is 1.08 bits per heavy atom. The van der Waals surface area contributed by atoms with Gasteiger partial charge in [0.1, 0.15) is 17.7 Å². The monoisotopic (exact) mass is 544 g/mol. The Bertz CT molecular complexity index is 1140. The van der Waals surface area contributed by atoms with Crippen molar-refractivity contribution < 1.29 is 32.9 Å². The predicted octanol–water partition coefficient (Wildman–Crippen LogP) is 3.63. The number of benzene rings is 2. The van der Waals surface area contributed by atoms with Gasteiger partial charge < -0.3 is 30.0 Å². The molecule has 2 aromatic rings. The number of carbonyl (C=O) groups excluding carboxylic acids is 2. The highest BCUT2D eigenvalue weighted by Gasteiger charge is 2.30. The van der Waals surface area contributed by atoms with Crippen molar-refractivity contribution in [2.24, 2.45) is 5.73 Å². The predicted molar refractivity (Wildman–Crippen MR) is 145 cm³/mol. The third-order valence-corrected chi connectivity index (χ3v) is 6.18. The third kappa shape index (κ3) is 8.31. The quantitative estimate of drug-likeness (QED) is 0.196. The second kappa shape index (κ2) is 14.3. The van der Waals surface area contributed by atoms with Gasteiger partial charge in [0.2, 0.25) is 0 Å². The highest BCUT2D eigenvalue weighted by atomic mass is 19.1. The Hall–Kier alpha value is -3.86. The molecule has 1 unspecified atom stereocenters. The molecule has 3 rings (SSSR count). The van der Waals surface area contributed by atoms with E-state index in [-0.39, 0.29) is 42.4 Å². The summed E-state index contributed by atoms with van der Waals surface area (Å²) < 4.78 is 38.0. The van der Waals surface area contributed by atoms with Gasteiger partial charge in [0, 0.05) is 36.0 Å². The maximum absolute atomic E-state index is 16.0. The van der Waals surface area contributed by atoms with E-state index >= 15 is 4.39 Å². The summed E-state index contributed by atoms with van der Waals surface area (Å²) in [7, 11) is 0. The molecule has 11 heteroatoms. The number of ether oxygens (including phenoxy) is 4. The Labute approximate surface area is 228 Å². The van der Waals surface area contributed by atoms with Gasteiger partial charge in [0.25, 0.3) is 0 Å². The number of hydrogen-bond acceptors (Lipinski definition) is 9. The van der Waals surface area contributed by atoms with Crippen molar-refractivity contribution in [3.8, 4) is 11.5 Å². The molecule has 1 aliphatic rings. The lowest BCUT2D eigenvalue weighted by molar-refractivity contribution is -0.145. The number of halogens is 1. The number of carbonyl (C=O) groups is 2. The Morgan fingerprint density at radius 2 is 1.74 bits per heavy atom. The minimum Gasteiger partial charge on any atom is -0.494 e. The van der Waals surface area contributed by atoms with Crippen molar-refractivity contribution in [2.45, 2.75) is 45.8 Å². The summed E-state index contributed by atoms with van der Waals surface area (Å²) in [6.45, 7) is 7.44. The van der Waals surface area contributed by atoms with Crippen LogP contribution in [0.25, 0.3) is 0 Å². The molecule has 0 aliphatic carbocycles. The van der Waals surface area contributed by atoms with Crippen LogP contribution in [0.5, 0.6) is 11.5 Å². The van der Waals surface area contributed by atoms with Crippen LogP contribution >= 0.6 is 0 Å². The molecular formula is C28H37FN4O6. The highest BCUT2D eigenvalue weighted by molar-refractivity contribution is 5.95. The smallest absolute Gasteiger partial charge is 0.333 e. The van der Waals surface area contributed by atoms with Crippen molar-refractivity contribution >= 4 is 23.5 Å². The van der Waals surface area contributed by atoms with Crippen LogP contribution in [0.3, 0.4) is 0 Å². The van der Waals surface area contributed by atoms with Crippen LogP contribution < -0.4 is 20.5 Å². The molecule has 1 fully saturated rings. The molecule has 0 saturated carbocycles. The minimum atomic E-state index is -1.19. The van der Waals surface area contributed by atoms with Gasteiger partial charge in [-0.1, -0.05) is 0 Å². The lowest BCUT2D eigenvalue weighted by Crippen LogP contribution is -2.41. The lowest BCUT2D eigenvalue weighted by atomic mass is 10.0. The van der Waals surface area contributed by atoms with Gasteiger partial charge in [-0.15, -0.1) is 0 Å². The second-order valence-electron chi connectivity index (χ2n) is 8.98. The SMILES string of the molecule is CCOC(=O)CN1CCC(Oc2cc(OCC)cc(C(Nc3ccc(C(=N)N)cc3)C(=O)OCC)c2F)CC1. The first kappa shape index (κ1) is 29.7. The third-order valence-electron chi connectivity index (χ3n) is 6.18. The molecule has 4 N–H and O–H groups in total. The molecule has 1 aliphatic heterocycles. The summed E-state index contributed by atoms with van der Waals surface area (Å²) in [4.78, 5) is 26.8. The molecule has 0 radical (unpaired) electrons. The molecule has 0 aromatic heterocycles. The summed E-state index contributed by atoms with van der Waals surface area (Å²) in [6.07, 6.45) is 0.903. The van der Waals surface area contributed by atoms with Crippen LogP contribution in [0, 0.1) is 11.2 Å². The van der Waals surface area contributed by atoms with Gasteiger partial charge in [-0.2, -0.15) is 0 Å². The minimum absolute atomic E-state index is 0.0183. The number of nitrogens with zero attached hydrogens (tertiary/aromatic N) is 1. The molecule has 10 nitrogen and oxygen atoms in total. The van der Waals surface area contributed by atoms with Crippen molar-refractivity contribution in [3.05, 3.63) is 53.3 Å². The number of rotatable bonds is 13. The van der Waals surface area contributed by atoms with E-state index in [4.69, 9.17) is 30.1 Å². The van der Waals surface area contributed by atoms with Gasteiger partial charge in [-0.3, -0.25) is 15.1 Å². The number of anilines is 1. The van der Waals surface area contributed by atoms with Crippen LogP contribution in [0.2, 0.25) is 0 Å². The molecule has 1 saturated heterocycles. The number of nitrogens with one attached hydrogen (secondary N) is 2. The first-order valence-electron chi connectivity index (χ1n) is 13.1. The van der Waals surface area contributed by atoms with E-state index in [1.807, 2.05) is 4.90 Å². The van der Waals surface area contributed by atoms with Gasteiger partial charge in [0.05, 0.1) is 26.4 Å². The zero-order valence-electron chi connectivity index (χ0n) is 22.6. The van der Waals surface area contributed by atoms with E-state index in [2.05, 4.69) is 5.32 Å². The van der Waals surface area contributed by atoms with Gasteiger partial charge in [-0.05, 0) is 63.9 Å². The maximum atomic E-state index is 16.0. The fourth-order valence-corrected chi connectivity index (χ4v) is 4.29. The average Bonchev–Trinajstić information content (AvgIpc) is 2.91. The second-order valence-corrected chi connectivity index (χ2v) is 8.98. The normalized spacial score (nSPS) is 14.8. The first-order chi connectivity index (χ1) is 18.7. The molecule has 212 valence electrons. The van der Waals surface area contributed by atoms with Gasteiger partial charge in [-0.25, -0.2) is 9.18 Å². The number of nitrogens with two attached hydrogens (primary N) is 1. The Morgan fingerprint density at radius 3 is 2.33 bits per heavy atom. The lowest BCUT2D eigenvalue weighted by Gasteiger charge is -2.31. The molecule has 0 amide bonds. The molecule has 0 bridgehead atoms. The van der Waals surface area contributed by atoms with Crippen molar-refractivity contribution in [1.29, 1.82) is 5.41 Å². The fourth-order valence-electron chi connectivity index (χ4n) is 4.29. The number of piperidine rings is 1. The highest BCUT2D eigenvalue weighted by Crippen LogP contribution is 2.35. The molecule has 1 atom stereocenters. The Kier molecular flexibility index (Phi) is 10.9. The largest absolute Gasteiger partial charge is 0.494 e. The van der Waals surface area contributed by atoms with E-state index in [1.54, 1.807) is 45.0 Å². The molecule has 39 heavy (non-hydrogen) atoms.